The zero-order valence-electron chi connectivity index (χ0n) is 11.3. The van der Waals surface area contributed by atoms with Crippen LogP contribution in [0.1, 0.15) is 32.1 Å². The van der Waals surface area contributed by atoms with Gasteiger partial charge in [0.2, 0.25) is 5.91 Å². The Bertz CT molecular complexity index is 557. The van der Waals surface area contributed by atoms with Crippen LogP contribution in [-0.2, 0) is 4.79 Å². The molecule has 3 rings (SSSR count). The van der Waals surface area contributed by atoms with Crippen LogP contribution in [0.2, 0.25) is 0 Å². The third-order valence-corrected chi connectivity index (χ3v) is 4.62. The summed E-state index contributed by atoms with van der Waals surface area (Å²) in [5.41, 5.74) is 1.96. The van der Waals surface area contributed by atoms with Gasteiger partial charge in [-0.15, -0.1) is 11.3 Å². The van der Waals surface area contributed by atoms with Crippen LogP contribution < -0.4 is 5.32 Å². The van der Waals surface area contributed by atoms with Gasteiger partial charge in [-0.2, -0.15) is 0 Å². The molecule has 1 aliphatic carbocycles. The van der Waals surface area contributed by atoms with E-state index in [0.29, 0.717) is 12.3 Å². The van der Waals surface area contributed by atoms with Crippen LogP contribution in [0.4, 0.5) is 5.69 Å². The van der Waals surface area contributed by atoms with Crippen molar-refractivity contribution in [2.24, 2.45) is 5.92 Å². The Morgan fingerprint density at radius 2 is 2.00 bits per heavy atom. The molecule has 1 amide bonds. The maximum atomic E-state index is 12.0. The second-order valence-corrected chi connectivity index (χ2v) is 6.21. The van der Waals surface area contributed by atoms with Gasteiger partial charge in [0, 0.05) is 29.2 Å². The number of hydrogen-bond acceptors (Lipinski definition) is 3. The van der Waals surface area contributed by atoms with Crippen molar-refractivity contribution in [3.8, 4) is 10.6 Å². The van der Waals surface area contributed by atoms with Crippen molar-refractivity contribution in [3.63, 3.8) is 0 Å². The fourth-order valence-corrected chi connectivity index (χ4v) is 3.40. The number of aromatic nitrogens is 1. The summed E-state index contributed by atoms with van der Waals surface area (Å²) in [6.45, 7) is 0. The Kier molecular flexibility index (Phi) is 4.11. The fraction of sp³-hybridized carbons (Fsp3) is 0.375. The predicted octanol–water partition coefficient (Wildman–Crippen LogP) is 4.33. The first-order chi connectivity index (χ1) is 9.81. The highest BCUT2D eigenvalue weighted by molar-refractivity contribution is 7.13. The summed E-state index contributed by atoms with van der Waals surface area (Å²) in [6, 6.07) is 7.90. The largest absolute Gasteiger partial charge is 0.326 e. The summed E-state index contributed by atoms with van der Waals surface area (Å²) >= 11 is 1.62. The van der Waals surface area contributed by atoms with E-state index >= 15 is 0 Å². The number of nitrogens with zero attached hydrogens (tertiary/aromatic N) is 1. The van der Waals surface area contributed by atoms with E-state index in [1.54, 1.807) is 17.5 Å². The van der Waals surface area contributed by atoms with Crippen LogP contribution in [0, 0.1) is 5.92 Å². The lowest BCUT2D eigenvalue weighted by Crippen LogP contribution is -2.14. The molecule has 2 aromatic rings. The van der Waals surface area contributed by atoms with E-state index in [1.165, 1.54) is 25.7 Å². The summed E-state index contributed by atoms with van der Waals surface area (Å²) in [6.07, 6.45) is 7.43. The van der Waals surface area contributed by atoms with Gasteiger partial charge in [-0.1, -0.05) is 12.8 Å². The van der Waals surface area contributed by atoms with Crippen molar-refractivity contribution in [2.75, 3.05) is 5.32 Å². The van der Waals surface area contributed by atoms with Gasteiger partial charge < -0.3 is 5.32 Å². The molecule has 1 N–H and O–H groups in total. The van der Waals surface area contributed by atoms with E-state index in [0.717, 1.165) is 16.3 Å². The van der Waals surface area contributed by atoms with Crippen molar-refractivity contribution in [2.45, 2.75) is 32.1 Å². The van der Waals surface area contributed by atoms with Gasteiger partial charge in [0.15, 0.2) is 0 Å². The van der Waals surface area contributed by atoms with Gasteiger partial charge in [0.1, 0.15) is 5.01 Å². The standard InChI is InChI=1S/C16H18N2OS/c19-15(11-12-3-1-2-4-12)18-14-7-5-13(6-8-14)16-17-9-10-20-16/h5-10,12H,1-4,11H2,(H,18,19). The normalized spacial score (nSPS) is 15.4. The minimum Gasteiger partial charge on any atom is -0.326 e. The Hall–Kier alpha value is -1.68. The molecule has 0 atom stereocenters. The molecular formula is C16H18N2OS. The molecule has 0 unspecified atom stereocenters. The van der Waals surface area contributed by atoms with Crippen molar-refractivity contribution < 1.29 is 4.79 Å². The SMILES string of the molecule is O=C(CC1CCCC1)Nc1ccc(-c2nccs2)cc1. The first kappa shape index (κ1) is 13.3. The van der Waals surface area contributed by atoms with Crippen LogP contribution in [-0.4, -0.2) is 10.9 Å². The third kappa shape index (κ3) is 3.25. The lowest BCUT2D eigenvalue weighted by molar-refractivity contribution is -0.117. The lowest BCUT2D eigenvalue weighted by Gasteiger charge is -2.09. The highest BCUT2D eigenvalue weighted by Gasteiger charge is 2.18. The number of thiazole rings is 1. The van der Waals surface area contributed by atoms with Crippen LogP contribution >= 0.6 is 11.3 Å². The van der Waals surface area contributed by atoms with Crippen molar-refractivity contribution >= 4 is 22.9 Å². The molecule has 0 saturated heterocycles. The van der Waals surface area contributed by atoms with Crippen LogP contribution in [0.25, 0.3) is 10.6 Å². The molecule has 0 spiro atoms. The number of benzene rings is 1. The molecule has 1 aromatic heterocycles. The molecule has 104 valence electrons. The quantitative estimate of drug-likeness (QED) is 0.909. The van der Waals surface area contributed by atoms with Crippen molar-refractivity contribution in [3.05, 3.63) is 35.8 Å². The van der Waals surface area contributed by atoms with Gasteiger partial charge in [-0.25, -0.2) is 4.98 Å². The van der Waals surface area contributed by atoms with E-state index in [2.05, 4.69) is 10.3 Å². The topological polar surface area (TPSA) is 42.0 Å². The molecular weight excluding hydrogens is 268 g/mol. The highest BCUT2D eigenvalue weighted by atomic mass is 32.1. The monoisotopic (exact) mass is 286 g/mol. The smallest absolute Gasteiger partial charge is 0.224 e. The number of rotatable bonds is 4. The number of hydrogen-bond donors (Lipinski definition) is 1. The van der Waals surface area contributed by atoms with E-state index in [1.807, 2.05) is 29.6 Å². The second-order valence-electron chi connectivity index (χ2n) is 5.32. The summed E-state index contributed by atoms with van der Waals surface area (Å²) in [5, 5.41) is 5.96. The van der Waals surface area contributed by atoms with Crippen LogP contribution in [0.5, 0.6) is 0 Å². The molecule has 0 radical (unpaired) electrons. The lowest BCUT2D eigenvalue weighted by atomic mass is 10.0. The van der Waals surface area contributed by atoms with E-state index in [9.17, 15) is 4.79 Å². The summed E-state index contributed by atoms with van der Waals surface area (Å²) in [4.78, 5) is 16.2. The fourth-order valence-electron chi connectivity index (χ4n) is 2.75. The highest BCUT2D eigenvalue weighted by Crippen LogP contribution is 2.28. The predicted molar refractivity (Wildman–Crippen MR) is 82.8 cm³/mol. The van der Waals surface area contributed by atoms with E-state index in [-0.39, 0.29) is 5.91 Å². The van der Waals surface area contributed by atoms with Gasteiger partial charge in [0.25, 0.3) is 0 Å². The minimum atomic E-state index is 0.138. The molecule has 0 aliphatic heterocycles. The average molecular weight is 286 g/mol. The molecule has 3 nitrogen and oxygen atoms in total. The number of amides is 1. The Labute approximate surface area is 123 Å². The molecule has 20 heavy (non-hydrogen) atoms. The number of carbonyl (C=O) groups excluding carboxylic acids is 1. The van der Waals surface area contributed by atoms with E-state index in [4.69, 9.17) is 0 Å². The summed E-state index contributed by atoms with van der Waals surface area (Å²) < 4.78 is 0. The summed E-state index contributed by atoms with van der Waals surface area (Å²) in [7, 11) is 0. The minimum absolute atomic E-state index is 0.138. The first-order valence-corrected chi connectivity index (χ1v) is 7.99. The van der Waals surface area contributed by atoms with Gasteiger partial charge in [-0.3, -0.25) is 4.79 Å². The maximum absolute atomic E-state index is 12.0. The second kappa shape index (κ2) is 6.18. The number of carbonyl (C=O) groups is 1. The van der Waals surface area contributed by atoms with Crippen molar-refractivity contribution in [1.82, 2.24) is 4.98 Å². The summed E-state index contributed by atoms with van der Waals surface area (Å²) in [5.74, 6) is 0.725. The van der Waals surface area contributed by atoms with E-state index < -0.39 is 0 Å². The third-order valence-electron chi connectivity index (χ3n) is 3.80. The molecule has 1 aromatic carbocycles. The van der Waals surface area contributed by atoms with Crippen LogP contribution in [0.15, 0.2) is 35.8 Å². The zero-order valence-corrected chi connectivity index (χ0v) is 12.2. The number of anilines is 1. The Balaban J connectivity index is 1.59. The number of nitrogens with one attached hydrogen (secondary N) is 1. The molecule has 4 heteroatoms. The molecule has 1 heterocycles. The van der Waals surface area contributed by atoms with Gasteiger partial charge in [0.05, 0.1) is 0 Å². The van der Waals surface area contributed by atoms with Gasteiger partial charge in [-0.05, 0) is 43.0 Å². The Morgan fingerprint density at radius 3 is 2.65 bits per heavy atom. The van der Waals surface area contributed by atoms with Crippen molar-refractivity contribution in [1.29, 1.82) is 0 Å². The van der Waals surface area contributed by atoms with Gasteiger partial charge >= 0.3 is 0 Å². The molecule has 0 bridgehead atoms. The molecule has 1 fully saturated rings. The molecule has 1 aliphatic rings. The first-order valence-electron chi connectivity index (χ1n) is 7.11. The Morgan fingerprint density at radius 1 is 1.25 bits per heavy atom. The molecule has 1 saturated carbocycles. The average Bonchev–Trinajstić information content (AvgIpc) is 3.12. The maximum Gasteiger partial charge on any atom is 0.224 e. The van der Waals surface area contributed by atoms with Crippen LogP contribution in [0.3, 0.4) is 0 Å². The zero-order chi connectivity index (χ0) is 13.8.